The van der Waals surface area contributed by atoms with Crippen molar-refractivity contribution in [3.8, 4) is 0 Å². The zero-order valence-electron chi connectivity index (χ0n) is 5.68. The maximum Gasteiger partial charge on any atom is 0.296 e. The van der Waals surface area contributed by atoms with Crippen LogP contribution in [-0.2, 0) is 14.3 Å². The molecule has 0 aliphatic heterocycles. The Morgan fingerprint density at radius 3 is 1.80 bits per heavy atom. The second kappa shape index (κ2) is 3.29. The molecule has 6 heteroatoms. The summed E-state index contributed by atoms with van der Waals surface area (Å²) in [6.07, 6.45) is -1.42. The van der Waals surface area contributed by atoms with E-state index in [0.29, 0.717) is 0 Å². The molecule has 0 spiro atoms. The summed E-state index contributed by atoms with van der Waals surface area (Å²) in [7, 11) is -3.99. The fourth-order valence-corrected chi connectivity index (χ4v) is 0.824. The average Bonchev–Trinajstić information content (AvgIpc) is 1.60. The van der Waals surface area contributed by atoms with Crippen molar-refractivity contribution < 1.29 is 22.8 Å². The van der Waals surface area contributed by atoms with Gasteiger partial charge in [0, 0.05) is 0 Å². The highest BCUT2D eigenvalue weighted by molar-refractivity contribution is 7.87. The molecule has 0 saturated carbocycles. The predicted molar refractivity (Wildman–Crippen MR) is 33.4 cm³/mol. The van der Waals surface area contributed by atoms with E-state index in [4.69, 9.17) is 10.2 Å². The van der Waals surface area contributed by atoms with E-state index in [9.17, 15) is 8.42 Å². The first kappa shape index (κ1) is 9.83. The molecule has 5 nitrogen and oxygen atoms in total. The highest BCUT2D eigenvalue weighted by atomic mass is 32.2. The maximum atomic E-state index is 10.5. The average molecular weight is 170 g/mol. The summed E-state index contributed by atoms with van der Waals surface area (Å²) in [5.41, 5.74) is -1.61. The van der Waals surface area contributed by atoms with Gasteiger partial charge in [-0.05, 0) is 13.8 Å². The van der Waals surface area contributed by atoms with Crippen LogP contribution in [0.25, 0.3) is 0 Å². The van der Waals surface area contributed by atoms with E-state index in [1.54, 1.807) is 0 Å². The quantitative estimate of drug-likeness (QED) is 0.419. The Balaban J connectivity index is 4.16. The van der Waals surface area contributed by atoms with Crippen molar-refractivity contribution in [3.05, 3.63) is 0 Å². The molecule has 0 bridgehead atoms. The molecule has 2 atom stereocenters. The number of rotatable bonds is 3. The van der Waals surface area contributed by atoms with Gasteiger partial charge in [0.25, 0.3) is 10.1 Å². The standard InChI is InChI=1S/C4H10O5S/c1-3(5)9-10(7,8)4(2)6/h3-6H,1-2H3. The molecule has 0 saturated heterocycles. The van der Waals surface area contributed by atoms with Crippen molar-refractivity contribution in [1.82, 2.24) is 0 Å². The summed E-state index contributed by atoms with van der Waals surface area (Å²) < 4.78 is 25.0. The van der Waals surface area contributed by atoms with Crippen LogP contribution in [0.1, 0.15) is 13.8 Å². The summed E-state index contributed by atoms with van der Waals surface area (Å²) in [5.74, 6) is 0. The van der Waals surface area contributed by atoms with Crippen LogP contribution in [-0.4, -0.2) is 30.4 Å². The van der Waals surface area contributed by atoms with Gasteiger partial charge < -0.3 is 10.2 Å². The minimum atomic E-state index is -3.99. The molecule has 2 N–H and O–H groups in total. The van der Waals surface area contributed by atoms with Gasteiger partial charge in [-0.25, -0.2) is 4.18 Å². The first-order chi connectivity index (χ1) is 4.36. The topological polar surface area (TPSA) is 83.8 Å². The molecule has 62 valence electrons. The Labute approximate surface area is 59.4 Å². The van der Waals surface area contributed by atoms with Crippen LogP contribution >= 0.6 is 0 Å². The molecule has 2 unspecified atom stereocenters. The molecule has 0 aromatic carbocycles. The van der Waals surface area contributed by atoms with Crippen molar-refractivity contribution >= 4 is 10.1 Å². The van der Waals surface area contributed by atoms with Crippen LogP contribution < -0.4 is 0 Å². The zero-order valence-corrected chi connectivity index (χ0v) is 6.50. The van der Waals surface area contributed by atoms with Gasteiger partial charge in [0.05, 0.1) is 0 Å². The molecule has 10 heavy (non-hydrogen) atoms. The third-order valence-corrected chi connectivity index (χ3v) is 2.07. The Morgan fingerprint density at radius 2 is 1.70 bits per heavy atom. The van der Waals surface area contributed by atoms with Crippen LogP contribution in [0.2, 0.25) is 0 Å². The molecule has 0 rings (SSSR count). The number of aliphatic hydroxyl groups excluding tert-OH is 2. The van der Waals surface area contributed by atoms with Crippen molar-refractivity contribution in [2.45, 2.75) is 25.6 Å². The van der Waals surface area contributed by atoms with Crippen molar-refractivity contribution in [1.29, 1.82) is 0 Å². The normalized spacial score (nSPS) is 18.4. The van der Waals surface area contributed by atoms with Crippen molar-refractivity contribution in [3.63, 3.8) is 0 Å². The lowest BCUT2D eigenvalue weighted by molar-refractivity contribution is 0.000497. The van der Waals surface area contributed by atoms with E-state index < -0.39 is 21.8 Å². The van der Waals surface area contributed by atoms with Crippen LogP contribution in [0.3, 0.4) is 0 Å². The van der Waals surface area contributed by atoms with Crippen molar-refractivity contribution in [2.75, 3.05) is 0 Å². The molecule has 0 radical (unpaired) electrons. The van der Waals surface area contributed by atoms with Gasteiger partial charge >= 0.3 is 0 Å². The summed E-state index contributed by atoms with van der Waals surface area (Å²) >= 11 is 0. The molecular formula is C4H10O5S. The zero-order chi connectivity index (χ0) is 8.36. The van der Waals surface area contributed by atoms with Gasteiger partial charge in [-0.3, -0.25) is 0 Å². The molecule has 0 aromatic heterocycles. The second-order valence-electron chi connectivity index (χ2n) is 1.79. The summed E-state index contributed by atoms with van der Waals surface area (Å²) in [5, 5.41) is 16.9. The van der Waals surface area contributed by atoms with E-state index in [2.05, 4.69) is 4.18 Å². The molecule has 0 aromatic rings. The monoisotopic (exact) mass is 170 g/mol. The highest BCUT2D eigenvalue weighted by Gasteiger charge is 2.20. The smallest absolute Gasteiger partial charge is 0.296 e. The fourth-order valence-electron chi connectivity index (χ4n) is 0.275. The minimum absolute atomic E-state index is 1.04. The molecule has 0 fully saturated rings. The minimum Gasteiger partial charge on any atom is -0.375 e. The number of hydrogen-bond acceptors (Lipinski definition) is 5. The first-order valence-corrected chi connectivity index (χ1v) is 4.11. The lowest BCUT2D eigenvalue weighted by Crippen LogP contribution is -2.23. The third-order valence-electron chi connectivity index (χ3n) is 0.691. The third kappa shape index (κ3) is 3.11. The summed E-state index contributed by atoms with van der Waals surface area (Å²) in [6.45, 7) is 2.18. The highest BCUT2D eigenvalue weighted by Crippen LogP contribution is 2.02. The van der Waals surface area contributed by atoms with Gasteiger partial charge in [0.1, 0.15) is 0 Å². The SMILES string of the molecule is CC(O)OS(=O)(=O)C(C)O. The van der Waals surface area contributed by atoms with Crippen molar-refractivity contribution in [2.24, 2.45) is 0 Å². The van der Waals surface area contributed by atoms with E-state index in [0.717, 1.165) is 13.8 Å². The Morgan fingerprint density at radius 1 is 1.30 bits per heavy atom. The number of hydrogen-bond donors (Lipinski definition) is 2. The van der Waals surface area contributed by atoms with Gasteiger partial charge in [-0.1, -0.05) is 0 Å². The van der Waals surface area contributed by atoms with Gasteiger partial charge in [0.15, 0.2) is 11.7 Å². The second-order valence-corrected chi connectivity index (χ2v) is 3.65. The van der Waals surface area contributed by atoms with Gasteiger partial charge in [0.2, 0.25) is 0 Å². The van der Waals surface area contributed by atoms with Gasteiger partial charge in [-0.2, -0.15) is 8.42 Å². The van der Waals surface area contributed by atoms with Crippen LogP contribution in [0.15, 0.2) is 0 Å². The predicted octanol–water partition coefficient (Wildman–Crippen LogP) is -0.991. The molecule has 0 heterocycles. The maximum absolute atomic E-state index is 10.5. The Bertz CT molecular complexity index is 180. The van der Waals surface area contributed by atoms with E-state index in [1.165, 1.54) is 0 Å². The fraction of sp³-hybridized carbons (Fsp3) is 1.00. The molecular weight excluding hydrogens is 160 g/mol. The Hall–Kier alpha value is -0.170. The van der Waals surface area contributed by atoms with Crippen LogP contribution in [0.5, 0.6) is 0 Å². The lowest BCUT2D eigenvalue weighted by Gasteiger charge is -2.08. The molecule has 0 aliphatic carbocycles. The van der Waals surface area contributed by atoms with E-state index >= 15 is 0 Å². The largest absolute Gasteiger partial charge is 0.375 e. The Kier molecular flexibility index (Phi) is 3.23. The summed E-state index contributed by atoms with van der Waals surface area (Å²) in [6, 6.07) is 0. The molecule has 0 aliphatic rings. The number of aliphatic hydroxyl groups is 2. The molecule has 0 amide bonds. The van der Waals surface area contributed by atoms with E-state index in [1.807, 2.05) is 0 Å². The van der Waals surface area contributed by atoms with Crippen LogP contribution in [0.4, 0.5) is 0 Å². The lowest BCUT2D eigenvalue weighted by atomic mass is 10.8. The van der Waals surface area contributed by atoms with Gasteiger partial charge in [-0.15, -0.1) is 0 Å². The van der Waals surface area contributed by atoms with Crippen LogP contribution in [0, 0.1) is 0 Å². The first-order valence-electron chi connectivity index (χ1n) is 2.64. The van der Waals surface area contributed by atoms with E-state index in [-0.39, 0.29) is 0 Å². The summed E-state index contributed by atoms with van der Waals surface area (Å²) in [4.78, 5) is 0.